The smallest absolute Gasteiger partial charge is 0.248 e. The van der Waals surface area contributed by atoms with Crippen molar-refractivity contribution in [3.05, 3.63) is 0 Å². The molecule has 0 radical (unpaired) electrons. The average molecular weight is 189 g/mol. The van der Waals surface area contributed by atoms with Crippen molar-refractivity contribution in [3.63, 3.8) is 0 Å². The van der Waals surface area contributed by atoms with E-state index in [1.54, 1.807) is 6.92 Å². The van der Waals surface area contributed by atoms with Gasteiger partial charge in [0.2, 0.25) is 0 Å². The highest BCUT2D eigenvalue weighted by Crippen LogP contribution is 2.03. The Balaban J connectivity index is 3.89. The van der Waals surface area contributed by atoms with Crippen LogP contribution in [0.1, 0.15) is 13.8 Å². The Labute approximate surface area is 65.4 Å². The number of hydrogen-bond acceptors (Lipinski definition) is 4. The van der Waals surface area contributed by atoms with Crippen LogP contribution in [0, 0.1) is 0 Å². The van der Waals surface area contributed by atoms with Crippen LogP contribution in [0.15, 0.2) is 0 Å². The molecule has 0 aromatic heterocycles. The van der Waals surface area contributed by atoms with E-state index in [1.165, 1.54) is 6.92 Å². The highest BCUT2D eigenvalue weighted by atomic mass is 35.5. The molecule has 0 rings (SSSR count). The zero-order chi connectivity index (χ0) is 8.20. The quantitative estimate of drug-likeness (QED) is 0.615. The Morgan fingerprint density at radius 3 is 2.40 bits per heavy atom. The van der Waals surface area contributed by atoms with Crippen LogP contribution >= 0.6 is 11.6 Å². The van der Waals surface area contributed by atoms with Gasteiger partial charge >= 0.3 is 10.4 Å². The van der Waals surface area contributed by atoms with Crippen molar-refractivity contribution in [2.45, 2.75) is 19.4 Å². The molecule has 1 atom stereocenters. The van der Waals surface area contributed by atoms with E-state index in [1.807, 2.05) is 0 Å². The zero-order valence-electron chi connectivity index (χ0n) is 5.70. The Bertz CT molecular complexity index is 174. The predicted molar refractivity (Wildman–Crippen MR) is 36.9 cm³/mol. The van der Waals surface area contributed by atoms with Gasteiger partial charge < -0.3 is 0 Å². The Hall–Kier alpha value is 0.160. The van der Waals surface area contributed by atoms with E-state index in [2.05, 4.69) is 8.37 Å². The van der Waals surface area contributed by atoms with Crippen molar-refractivity contribution in [2.24, 2.45) is 0 Å². The lowest BCUT2D eigenvalue weighted by atomic mass is 10.9. The molecule has 62 valence electrons. The van der Waals surface area contributed by atoms with Crippen molar-refractivity contribution in [2.75, 3.05) is 6.61 Å². The zero-order valence-corrected chi connectivity index (χ0v) is 7.28. The molecule has 0 fully saturated rings. The van der Waals surface area contributed by atoms with Gasteiger partial charge in [-0.3, -0.25) is 0 Å². The van der Waals surface area contributed by atoms with E-state index in [9.17, 15) is 8.42 Å². The second-order valence-corrected chi connectivity index (χ2v) is 3.31. The monoisotopic (exact) mass is 188 g/mol. The molecule has 0 heterocycles. The summed E-state index contributed by atoms with van der Waals surface area (Å²) in [5.41, 5.74) is -0.892. The average Bonchev–Trinajstić information content (AvgIpc) is 1.59. The molecule has 0 amide bonds. The molecule has 0 aliphatic heterocycles. The molecule has 10 heavy (non-hydrogen) atoms. The topological polar surface area (TPSA) is 52.6 Å². The largest absolute Gasteiger partial charge is 0.401 e. The molecular formula is C4H9ClO4S. The van der Waals surface area contributed by atoms with Crippen molar-refractivity contribution in [1.82, 2.24) is 0 Å². The third kappa shape index (κ3) is 4.99. The SMILES string of the molecule is CCOS(=O)(=O)OC(C)Cl. The molecule has 0 saturated heterocycles. The summed E-state index contributed by atoms with van der Waals surface area (Å²) >= 11 is 5.22. The van der Waals surface area contributed by atoms with Crippen LogP contribution in [0.25, 0.3) is 0 Å². The predicted octanol–water partition coefficient (Wildman–Crippen LogP) is 0.869. The van der Waals surface area contributed by atoms with E-state index in [0.717, 1.165) is 0 Å². The first-order valence-electron chi connectivity index (χ1n) is 2.69. The van der Waals surface area contributed by atoms with E-state index in [-0.39, 0.29) is 6.61 Å². The summed E-state index contributed by atoms with van der Waals surface area (Å²) in [6, 6.07) is 0. The van der Waals surface area contributed by atoms with Gasteiger partial charge in [0.25, 0.3) is 0 Å². The maximum absolute atomic E-state index is 10.5. The van der Waals surface area contributed by atoms with Crippen LogP contribution < -0.4 is 0 Å². The normalized spacial score (nSPS) is 15.1. The first kappa shape index (κ1) is 10.2. The van der Waals surface area contributed by atoms with Crippen LogP contribution in [-0.2, 0) is 18.8 Å². The molecular weight excluding hydrogens is 180 g/mol. The maximum atomic E-state index is 10.5. The number of alkyl halides is 1. The van der Waals surface area contributed by atoms with Crippen molar-refractivity contribution in [1.29, 1.82) is 0 Å². The van der Waals surface area contributed by atoms with Gasteiger partial charge in [0.1, 0.15) is 5.56 Å². The van der Waals surface area contributed by atoms with E-state index in [0.29, 0.717) is 0 Å². The van der Waals surface area contributed by atoms with E-state index >= 15 is 0 Å². The molecule has 0 aromatic rings. The van der Waals surface area contributed by atoms with Crippen LogP contribution in [0.5, 0.6) is 0 Å². The van der Waals surface area contributed by atoms with Gasteiger partial charge in [-0.25, -0.2) is 8.37 Å². The highest BCUT2D eigenvalue weighted by Gasteiger charge is 2.13. The third-order valence-electron chi connectivity index (χ3n) is 0.513. The molecule has 4 nitrogen and oxygen atoms in total. The summed E-state index contributed by atoms with van der Waals surface area (Å²) in [7, 11) is -3.86. The Morgan fingerprint density at radius 2 is 2.10 bits per heavy atom. The fourth-order valence-corrected chi connectivity index (χ4v) is 1.27. The van der Waals surface area contributed by atoms with Crippen molar-refractivity contribution < 1.29 is 16.8 Å². The van der Waals surface area contributed by atoms with Crippen LogP contribution in [0.4, 0.5) is 0 Å². The molecule has 0 bridgehead atoms. The van der Waals surface area contributed by atoms with Crippen LogP contribution in [0.2, 0.25) is 0 Å². The molecule has 0 aliphatic rings. The van der Waals surface area contributed by atoms with Gasteiger partial charge in [0, 0.05) is 0 Å². The second-order valence-electron chi connectivity index (χ2n) is 1.45. The lowest BCUT2D eigenvalue weighted by Crippen LogP contribution is -2.13. The van der Waals surface area contributed by atoms with Gasteiger partial charge in [0.15, 0.2) is 0 Å². The molecule has 0 spiro atoms. The molecule has 0 aromatic carbocycles. The van der Waals surface area contributed by atoms with Gasteiger partial charge in [-0.2, -0.15) is 8.42 Å². The van der Waals surface area contributed by atoms with E-state index in [4.69, 9.17) is 11.6 Å². The molecule has 0 aliphatic carbocycles. The fraction of sp³-hybridized carbons (Fsp3) is 1.00. The number of rotatable bonds is 4. The molecule has 0 N–H and O–H groups in total. The van der Waals surface area contributed by atoms with E-state index < -0.39 is 16.0 Å². The summed E-state index contributed by atoms with van der Waals surface area (Å²) < 4.78 is 29.4. The minimum Gasteiger partial charge on any atom is -0.248 e. The van der Waals surface area contributed by atoms with Crippen molar-refractivity contribution >= 4 is 22.0 Å². The fourth-order valence-electron chi connectivity index (χ4n) is 0.335. The lowest BCUT2D eigenvalue weighted by molar-refractivity contribution is 0.214. The second kappa shape index (κ2) is 4.12. The summed E-state index contributed by atoms with van der Waals surface area (Å²) in [5.74, 6) is 0. The third-order valence-corrected chi connectivity index (χ3v) is 1.76. The number of hydrogen-bond donors (Lipinski definition) is 0. The summed E-state index contributed by atoms with van der Waals surface area (Å²) in [5, 5.41) is 0. The van der Waals surface area contributed by atoms with Crippen molar-refractivity contribution in [3.8, 4) is 0 Å². The lowest BCUT2D eigenvalue weighted by Gasteiger charge is -2.04. The van der Waals surface area contributed by atoms with Gasteiger partial charge in [0.05, 0.1) is 6.61 Å². The summed E-state index contributed by atoms with van der Waals surface area (Å²) in [4.78, 5) is 0. The first-order chi connectivity index (χ1) is 4.48. The molecule has 1 unspecified atom stereocenters. The minimum atomic E-state index is -3.86. The van der Waals surface area contributed by atoms with Gasteiger partial charge in [-0.15, -0.1) is 0 Å². The molecule has 6 heteroatoms. The summed E-state index contributed by atoms with van der Waals surface area (Å²) in [6.07, 6.45) is 0. The highest BCUT2D eigenvalue weighted by molar-refractivity contribution is 7.81. The van der Waals surface area contributed by atoms with Gasteiger partial charge in [-0.1, -0.05) is 11.6 Å². The Kier molecular flexibility index (Phi) is 4.19. The Morgan fingerprint density at radius 1 is 1.60 bits per heavy atom. The molecule has 0 saturated carbocycles. The van der Waals surface area contributed by atoms with Crippen LogP contribution in [-0.4, -0.2) is 20.6 Å². The minimum absolute atomic E-state index is 0.0476. The number of halogens is 1. The van der Waals surface area contributed by atoms with Crippen LogP contribution in [0.3, 0.4) is 0 Å². The maximum Gasteiger partial charge on any atom is 0.401 e. The summed E-state index contributed by atoms with van der Waals surface area (Å²) in [6.45, 7) is 2.98. The standard InChI is InChI=1S/C4H9ClO4S/c1-3-8-10(6,7)9-4(2)5/h4H,3H2,1-2H3. The first-order valence-corrected chi connectivity index (χ1v) is 4.46. The van der Waals surface area contributed by atoms with Gasteiger partial charge in [-0.05, 0) is 13.8 Å².